The highest BCUT2D eigenvalue weighted by Crippen LogP contribution is 2.23. The molecule has 1 atom stereocenters. The smallest absolute Gasteiger partial charge is 0.276 e. The minimum Gasteiger partial charge on any atom is -0.447 e. The van der Waals surface area contributed by atoms with E-state index < -0.39 is 10.0 Å². The van der Waals surface area contributed by atoms with Crippen molar-refractivity contribution in [3.8, 4) is 0 Å². The van der Waals surface area contributed by atoms with Crippen LogP contribution in [0.15, 0.2) is 21.6 Å². The lowest BCUT2D eigenvalue weighted by Gasteiger charge is -2.30. The quantitative estimate of drug-likeness (QED) is 0.827. The van der Waals surface area contributed by atoms with Gasteiger partial charge < -0.3 is 14.5 Å². The molecule has 0 aromatic carbocycles. The average molecular weight is 316 g/mol. The Labute approximate surface area is 126 Å². The van der Waals surface area contributed by atoms with Crippen LogP contribution in [0.4, 0.5) is 0 Å². The van der Waals surface area contributed by atoms with Crippen molar-refractivity contribution < 1.29 is 17.6 Å². The first-order chi connectivity index (χ1) is 10.1. The van der Waals surface area contributed by atoms with E-state index in [-0.39, 0.29) is 11.2 Å². The van der Waals surface area contributed by atoms with Crippen LogP contribution in [0, 0.1) is 0 Å². The summed E-state index contributed by atoms with van der Waals surface area (Å²) in [5.41, 5.74) is 0. The molecule has 1 N–H and O–H groups in total. The maximum absolute atomic E-state index is 12.6. The van der Waals surface area contributed by atoms with Crippen molar-refractivity contribution in [3.05, 3.63) is 17.9 Å². The Morgan fingerprint density at radius 3 is 2.95 bits per heavy atom. The van der Waals surface area contributed by atoms with Gasteiger partial charge >= 0.3 is 0 Å². The van der Waals surface area contributed by atoms with E-state index in [9.17, 15) is 8.42 Å². The highest BCUT2D eigenvalue weighted by atomic mass is 32.2. The summed E-state index contributed by atoms with van der Waals surface area (Å²) in [6.45, 7) is 6.79. The van der Waals surface area contributed by atoms with Gasteiger partial charge in [0.1, 0.15) is 5.76 Å². The molecule has 1 aromatic heterocycles. The third-order valence-corrected chi connectivity index (χ3v) is 5.26. The highest BCUT2D eigenvalue weighted by molar-refractivity contribution is 7.89. The first-order valence-corrected chi connectivity index (χ1v) is 8.93. The van der Waals surface area contributed by atoms with Crippen LogP contribution in [-0.4, -0.2) is 45.1 Å². The minimum atomic E-state index is -3.56. The van der Waals surface area contributed by atoms with Crippen LogP contribution in [0.3, 0.4) is 0 Å². The molecule has 0 aliphatic carbocycles. The van der Waals surface area contributed by atoms with Crippen LogP contribution in [-0.2, 0) is 21.3 Å². The molecular formula is C14H24N2O4S. The zero-order valence-electron chi connectivity index (χ0n) is 12.7. The van der Waals surface area contributed by atoms with Gasteiger partial charge in [0.2, 0.25) is 5.09 Å². The lowest BCUT2D eigenvalue weighted by Crippen LogP contribution is -2.43. The van der Waals surface area contributed by atoms with Crippen LogP contribution in [0.5, 0.6) is 0 Å². The standard InChI is InChI=1S/C14H24N2O4S/c1-3-15-10-12-7-8-14(20-12)21(17,18)16-9-5-6-13(11-16)19-4-2/h7-8,13,15H,3-6,9-11H2,1-2H3. The fourth-order valence-electron chi connectivity index (χ4n) is 2.46. The van der Waals surface area contributed by atoms with Crippen LogP contribution in [0.25, 0.3) is 0 Å². The van der Waals surface area contributed by atoms with Crippen LogP contribution < -0.4 is 5.32 Å². The first kappa shape index (κ1) is 16.5. The number of nitrogens with one attached hydrogen (secondary N) is 1. The summed E-state index contributed by atoms with van der Waals surface area (Å²) >= 11 is 0. The Morgan fingerprint density at radius 1 is 1.43 bits per heavy atom. The molecule has 1 saturated heterocycles. The average Bonchev–Trinajstić information content (AvgIpc) is 2.95. The predicted octanol–water partition coefficient (Wildman–Crippen LogP) is 1.58. The van der Waals surface area contributed by atoms with Crippen LogP contribution >= 0.6 is 0 Å². The van der Waals surface area contributed by atoms with E-state index >= 15 is 0 Å². The van der Waals surface area contributed by atoms with Gasteiger partial charge in [0, 0.05) is 19.7 Å². The first-order valence-electron chi connectivity index (χ1n) is 7.49. The van der Waals surface area contributed by atoms with Crippen molar-refractivity contribution in [2.24, 2.45) is 0 Å². The van der Waals surface area contributed by atoms with Crippen molar-refractivity contribution >= 4 is 10.0 Å². The number of hydrogen-bond donors (Lipinski definition) is 1. The summed E-state index contributed by atoms with van der Waals surface area (Å²) in [6, 6.07) is 3.24. The fourth-order valence-corrected chi connectivity index (χ4v) is 3.90. The maximum atomic E-state index is 12.6. The summed E-state index contributed by atoms with van der Waals surface area (Å²) in [4.78, 5) is 0. The molecule has 1 fully saturated rings. The van der Waals surface area contributed by atoms with Crippen molar-refractivity contribution in [3.63, 3.8) is 0 Å². The van der Waals surface area contributed by atoms with Crippen LogP contribution in [0.2, 0.25) is 0 Å². The van der Waals surface area contributed by atoms with Crippen molar-refractivity contribution in [1.82, 2.24) is 9.62 Å². The molecule has 6 nitrogen and oxygen atoms in total. The van der Waals surface area contributed by atoms with Gasteiger partial charge in [-0.05, 0) is 38.4 Å². The summed E-state index contributed by atoms with van der Waals surface area (Å²) in [6.07, 6.45) is 1.70. The van der Waals surface area contributed by atoms with Crippen molar-refractivity contribution in [1.29, 1.82) is 0 Å². The lowest BCUT2D eigenvalue weighted by molar-refractivity contribution is 0.0262. The third kappa shape index (κ3) is 4.06. The second kappa shape index (κ2) is 7.40. The number of rotatable bonds is 7. The second-order valence-electron chi connectivity index (χ2n) is 5.08. The van der Waals surface area contributed by atoms with E-state index in [0.29, 0.717) is 32.0 Å². The summed E-state index contributed by atoms with van der Waals surface area (Å²) < 4.78 is 37.6. The van der Waals surface area contributed by atoms with Gasteiger partial charge in [-0.15, -0.1) is 0 Å². The molecule has 120 valence electrons. The molecular weight excluding hydrogens is 292 g/mol. The van der Waals surface area contributed by atoms with Gasteiger partial charge in [-0.3, -0.25) is 0 Å². The van der Waals surface area contributed by atoms with Gasteiger partial charge in [0.25, 0.3) is 10.0 Å². The molecule has 1 aliphatic heterocycles. The largest absolute Gasteiger partial charge is 0.447 e. The van der Waals surface area contributed by atoms with Gasteiger partial charge in [-0.1, -0.05) is 6.92 Å². The predicted molar refractivity (Wildman–Crippen MR) is 79.5 cm³/mol. The monoisotopic (exact) mass is 316 g/mol. The summed E-state index contributed by atoms with van der Waals surface area (Å²) in [7, 11) is -3.56. The molecule has 1 unspecified atom stereocenters. The molecule has 2 heterocycles. The Balaban J connectivity index is 2.08. The van der Waals surface area contributed by atoms with Crippen LogP contribution in [0.1, 0.15) is 32.4 Å². The molecule has 0 bridgehead atoms. The molecule has 1 aromatic rings. The van der Waals surface area contributed by atoms with Gasteiger partial charge in [-0.25, -0.2) is 8.42 Å². The van der Waals surface area contributed by atoms with E-state index in [1.807, 2.05) is 13.8 Å². The zero-order valence-corrected chi connectivity index (χ0v) is 13.5. The highest BCUT2D eigenvalue weighted by Gasteiger charge is 2.32. The van der Waals surface area contributed by atoms with Crippen molar-refractivity contribution in [2.75, 3.05) is 26.2 Å². The van der Waals surface area contributed by atoms with E-state index in [1.165, 1.54) is 10.4 Å². The molecule has 2 rings (SSSR count). The normalized spacial score (nSPS) is 20.8. The van der Waals surface area contributed by atoms with Gasteiger partial charge in [0.05, 0.1) is 12.6 Å². The molecule has 7 heteroatoms. The van der Waals surface area contributed by atoms with E-state index in [0.717, 1.165) is 19.4 Å². The molecule has 0 saturated carbocycles. The van der Waals surface area contributed by atoms with Gasteiger partial charge in [-0.2, -0.15) is 4.31 Å². The lowest BCUT2D eigenvalue weighted by atomic mass is 10.1. The van der Waals surface area contributed by atoms with E-state index in [2.05, 4.69) is 5.32 Å². The Morgan fingerprint density at radius 2 is 2.24 bits per heavy atom. The number of hydrogen-bond acceptors (Lipinski definition) is 5. The third-order valence-electron chi connectivity index (χ3n) is 3.52. The van der Waals surface area contributed by atoms with Gasteiger partial charge in [0.15, 0.2) is 0 Å². The Hall–Kier alpha value is -0.890. The van der Waals surface area contributed by atoms with Crippen molar-refractivity contribution in [2.45, 2.75) is 44.4 Å². The summed E-state index contributed by atoms with van der Waals surface area (Å²) in [5, 5.41) is 3.13. The molecule has 1 aliphatic rings. The topological polar surface area (TPSA) is 71.8 Å². The molecule has 0 spiro atoms. The van der Waals surface area contributed by atoms with E-state index in [4.69, 9.17) is 9.15 Å². The minimum absolute atomic E-state index is 0.0188. The number of piperidine rings is 1. The number of nitrogens with zero attached hydrogens (tertiary/aromatic N) is 1. The zero-order chi connectivity index (χ0) is 15.3. The number of ether oxygens (including phenoxy) is 1. The number of furan rings is 1. The Bertz CT molecular complexity index is 539. The molecule has 0 amide bonds. The SMILES string of the molecule is CCNCc1ccc(S(=O)(=O)N2CCCC(OCC)C2)o1. The van der Waals surface area contributed by atoms with E-state index in [1.54, 1.807) is 6.07 Å². The molecule has 0 radical (unpaired) electrons. The Kier molecular flexibility index (Phi) is 5.80. The molecule has 21 heavy (non-hydrogen) atoms. The summed E-state index contributed by atoms with van der Waals surface area (Å²) in [5.74, 6) is 0.633. The fraction of sp³-hybridized carbons (Fsp3) is 0.714. The number of sulfonamides is 1. The maximum Gasteiger partial charge on any atom is 0.276 e. The second-order valence-corrected chi connectivity index (χ2v) is 6.95.